The highest BCUT2D eigenvalue weighted by molar-refractivity contribution is 5.94. The Morgan fingerprint density at radius 3 is 2.40 bits per heavy atom. The number of nitrogens with zero attached hydrogens (tertiary/aromatic N) is 2. The lowest BCUT2D eigenvalue weighted by Gasteiger charge is -2.17. The van der Waals surface area contributed by atoms with E-state index in [0.717, 1.165) is 17.8 Å². The van der Waals surface area contributed by atoms with Gasteiger partial charge in [-0.15, -0.1) is 0 Å². The number of pyridine rings is 1. The molecule has 1 N–H and O–H groups in total. The fourth-order valence-electron chi connectivity index (χ4n) is 1.99. The summed E-state index contributed by atoms with van der Waals surface area (Å²) in [6.07, 6.45) is 3.47. The van der Waals surface area contributed by atoms with E-state index in [0.29, 0.717) is 12.1 Å². The van der Waals surface area contributed by atoms with Gasteiger partial charge in [0.1, 0.15) is 0 Å². The van der Waals surface area contributed by atoms with Gasteiger partial charge in [-0.3, -0.25) is 9.78 Å². The summed E-state index contributed by atoms with van der Waals surface area (Å²) >= 11 is 0. The molecule has 0 aliphatic rings. The molecule has 0 unspecified atom stereocenters. The molecule has 2 aromatic rings. The van der Waals surface area contributed by atoms with Crippen LogP contribution in [0.2, 0.25) is 0 Å². The number of carbonyl (C=O) groups excluding carboxylic acids is 1. The fourth-order valence-corrected chi connectivity index (χ4v) is 1.99. The Kier molecular flexibility index (Phi) is 4.71. The van der Waals surface area contributed by atoms with Crippen molar-refractivity contribution >= 4 is 11.6 Å². The Morgan fingerprint density at radius 2 is 1.80 bits per heavy atom. The van der Waals surface area contributed by atoms with E-state index in [1.54, 1.807) is 24.3 Å². The second-order valence-corrected chi connectivity index (χ2v) is 4.62. The molecule has 0 bridgehead atoms. The largest absolute Gasteiger partial charge is 0.385 e. The number of nitrogens with one attached hydrogen (secondary N) is 1. The van der Waals surface area contributed by atoms with Gasteiger partial charge in [-0.2, -0.15) is 0 Å². The van der Waals surface area contributed by atoms with Gasteiger partial charge in [-0.25, -0.2) is 0 Å². The summed E-state index contributed by atoms with van der Waals surface area (Å²) < 4.78 is 0. The topological polar surface area (TPSA) is 45.2 Å². The maximum atomic E-state index is 12.3. The highest BCUT2D eigenvalue weighted by atomic mass is 16.2. The minimum absolute atomic E-state index is 0.0184. The quantitative estimate of drug-likeness (QED) is 0.907. The summed E-state index contributed by atoms with van der Waals surface area (Å²) in [6, 6.07) is 11.4. The molecule has 0 aliphatic carbocycles. The second kappa shape index (κ2) is 6.70. The Balaban J connectivity index is 2.03. The lowest BCUT2D eigenvalue weighted by Crippen LogP contribution is -2.26. The van der Waals surface area contributed by atoms with Crippen molar-refractivity contribution in [1.82, 2.24) is 9.88 Å². The summed E-state index contributed by atoms with van der Waals surface area (Å²) in [6.45, 7) is 3.49. The van der Waals surface area contributed by atoms with Crippen LogP contribution in [0.15, 0.2) is 48.8 Å². The maximum absolute atomic E-state index is 12.3. The zero-order valence-corrected chi connectivity index (χ0v) is 11.8. The van der Waals surface area contributed by atoms with Crippen LogP contribution < -0.4 is 5.32 Å². The van der Waals surface area contributed by atoms with E-state index < -0.39 is 0 Å². The third-order valence-electron chi connectivity index (χ3n) is 3.03. The summed E-state index contributed by atoms with van der Waals surface area (Å²) in [5, 5.41) is 3.21. The number of benzene rings is 1. The summed E-state index contributed by atoms with van der Waals surface area (Å²) in [4.78, 5) is 18.0. The summed E-state index contributed by atoms with van der Waals surface area (Å²) in [7, 11) is 1.81. The zero-order valence-electron chi connectivity index (χ0n) is 11.8. The first kappa shape index (κ1) is 14.1. The predicted molar refractivity (Wildman–Crippen MR) is 80.6 cm³/mol. The smallest absolute Gasteiger partial charge is 0.253 e. The number of aromatic nitrogens is 1. The van der Waals surface area contributed by atoms with E-state index in [2.05, 4.69) is 10.3 Å². The number of hydrogen-bond acceptors (Lipinski definition) is 3. The number of hydrogen-bond donors (Lipinski definition) is 1. The van der Waals surface area contributed by atoms with E-state index in [4.69, 9.17) is 0 Å². The van der Waals surface area contributed by atoms with Gasteiger partial charge < -0.3 is 10.2 Å². The average molecular weight is 269 g/mol. The molecule has 0 aliphatic heterocycles. The normalized spacial score (nSPS) is 10.1. The molecule has 1 aromatic carbocycles. The first-order valence-corrected chi connectivity index (χ1v) is 6.69. The Labute approximate surface area is 119 Å². The van der Waals surface area contributed by atoms with Crippen LogP contribution in [0.4, 0.5) is 5.69 Å². The van der Waals surface area contributed by atoms with Gasteiger partial charge in [-0.1, -0.05) is 0 Å². The van der Waals surface area contributed by atoms with Crippen molar-refractivity contribution in [2.75, 3.05) is 18.9 Å². The minimum atomic E-state index is 0.0184. The van der Waals surface area contributed by atoms with Crippen molar-refractivity contribution in [3.8, 4) is 0 Å². The molecule has 104 valence electrons. The average Bonchev–Trinajstić information content (AvgIpc) is 2.48. The van der Waals surface area contributed by atoms with Gasteiger partial charge in [0.2, 0.25) is 0 Å². The molecular formula is C16H19N3O. The Hall–Kier alpha value is -2.36. The third-order valence-corrected chi connectivity index (χ3v) is 3.03. The van der Waals surface area contributed by atoms with Gasteiger partial charge in [0.05, 0.1) is 0 Å². The van der Waals surface area contributed by atoms with Crippen LogP contribution in [-0.2, 0) is 6.54 Å². The van der Waals surface area contributed by atoms with Crippen LogP contribution in [0.25, 0.3) is 0 Å². The lowest BCUT2D eigenvalue weighted by atomic mass is 10.1. The summed E-state index contributed by atoms with van der Waals surface area (Å²) in [5.41, 5.74) is 2.80. The van der Waals surface area contributed by atoms with Gasteiger partial charge in [0.15, 0.2) is 0 Å². The number of carbonyl (C=O) groups is 1. The monoisotopic (exact) mass is 269 g/mol. The number of amides is 1. The van der Waals surface area contributed by atoms with Gasteiger partial charge in [-0.05, 0) is 48.9 Å². The van der Waals surface area contributed by atoms with Crippen LogP contribution >= 0.6 is 0 Å². The van der Waals surface area contributed by atoms with Gasteiger partial charge in [0, 0.05) is 43.8 Å². The first-order chi connectivity index (χ1) is 9.70. The van der Waals surface area contributed by atoms with E-state index in [1.807, 2.05) is 43.3 Å². The number of anilines is 1. The molecule has 0 fully saturated rings. The van der Waals surface area contributed by atoms with Crippen LogP contribution in [-0.4, -0.2) is 29.4 Å². The molecule has 0 saturated heterocycles. The van der Waals surface area contributed by atoms with Crippen LogP contribution in [0.1, 0.15) is 22.8 Å². The Morgan fingerprint density at radius 1 is 1.15 bits per heavy atom. The van der Waals surface area contributed by atoms with Crippen molar-refractivity contribution in [3.63, 3.8) is 0 Å². The van der Waals surface area contributed by atoms with Crippen molar-refractivity contribution in [1.29, 1.82) is 0 Å². The molecule has 4 nitrogen and oxygen atoms in total. The minimum Gasteiger partial charge on any atom is -0.385 e. The van der Waals surface area contributed by atoms with E-state index in [1.165, 1.54) is 0 Å². The highest BCUT2D eigenvalue weighted by Crippen LogP contribution is 2.12. The third kappa shape index (κ3) is 3.57. The second-order valence-electron chi connectivity index (χ2n) is 4.62. The molecule has 2 rings (SSSR count). The lowest BCUT2D eigenvalue weighted by molar-refractivity contribution is 0.0785. The molecule has 1 heterocycles. The fraction of sp³-hybridized carbons (Fsp3) is 0.250. The standard InChI is InChI=1S/C16H19N3O/c1-3-18-15-6-4-14(5-7-15)16(20)19(2)12-13-8-10-17-11-9-13/h4-11,18H,3,12H2,1-2H3. The SMILES string of the molecule is CCNc1ccc(C(=O)N(C)Cc2ccncc2)cc1. The highest BCUT2D eigenvalue weighted by Gasteiger charge is 2.11. The molecule has 0 saturated carbocycles. The van der Waals surface area contributed by atoms with Gasteiger partial charge in [0.25, 0.3) is 5.91 Å². The molecule has 0 atom stereocenters. The molecule has 0 spiro atoms. The van der Waals surface area contributed by atoms with Crippen molar-refractivity contribution < 1.29 is 4.79 Å². The van der Waals surface area contributed by atoms with Crippen molar-refractivity contribution in [2.24, 2.45) is 0 Å². The van der Waals surface area contributed by atoms with E-state index >= 15 is 0 Å². The van der Waals surface area contributed by atoms with Crippen molar-refractivity contribution in [3.05, 3.63) is 59.9 Å². The maximum Gasteiger partial charge on any atom is 0.253 e. The van der Waals surface area contributed by atoms with E-state index in [-0.39, 0.29) is 5.91 Å². The number of rotatable bonds is 5. The first-order valence-electron chi connectivity index (χ1n) is 6.69. The molecular weight excluding hydrogens is 250 g/mol. The van der Waals surface area contributed by atoms with E-state index in [9.17, 15) is 4.79 Å². The van der Waals surface area contributed by atoms with Gasteiger partial charge >= 0.3 is 0 Å². The molecule has 4 heteroatoms. The zero-order chi connectivity index (χ0) is 14.4. The van der Waals surface area contributed by atoms with Crippen molar-refractivity contribution in [2.45, 2.75) is 13.5 Å². The predicted octanol–water partition coefficient (Wildman–Crippen LogP) is 2.79. The van der Waals surface area contributed by atoms with Crippen LogP contribution in [0.5, 0.6) is 0 Å². The summed E-state index contributed by atoms with van der Waals surface area (Å²) in [5.74, 6) is 0.0184. The molecule has 1 aromatic heterocycles. The van der Waals surface area contributed by atoms with Crippen LogP contribution in [0, 0.1) is 0 Å². The Bertz CT molecular complexity index is 552. The molecule has 0 radical (unpaired) electrons. The molecule has 20 heavy (non-hydrogen) atoms. The van der Waals surface area contributed by atoms with Crippen LogP contribution in [0.3, 0.4) is 0 Å². The molecule has 1 amide bonds.